The maximum Gasteiger partial charge on any atom is 0.313 e. The molecule has 0 radical (unpaired) electrons. The van der Waals surface area contributed by atoms with Crippen LogP contribution in [-0.4, -0.2) is 17.9 Å². The van der Waals surface area contributed by atoms with E-state index in [-0.39, 0.29) is 18.3 Å². The minimum Gasteiger partial charge on any atom is -0.461 e. The molecule has 0 amide bonds. The third kappa shape index (κ3) is 2.86. The number of rotatable bonds is 3. The Morgan fingerprint density at radius 3 is 2.50 bits per heavy atom. The molecule has 0 aromatic rings. The summed E-state index contributed by atoms with van der Waals surface area (Å²) in [6, 6.07) is 0. The lowest BCUT2D eigenvalue weighted by molar-refractivity contribution is -0.150. The second-order valence-electron chi connectivity index (χ2n) is 2.93. The minimum absolute atomic E-state index is 0.0307. The summed E-state index contributed by atoms with van der Waals surface area (Å²) in [5.74, 6) is -0.554. The third-order valence-corrected chi connectivity index (χ3v) is 1.66. The predicted octanol–water partition coefficient (Wildman–Crippen LogP) is 1.23. The van der Waals surface area contributed by atoms with Crippen molar-refractivity contribution >= 4 is 11.8 Å². The summed E-state index contributed by atoms with van der Waals surface area (Å²) in [4.78, 5) is 21.5. The van der Waals surface area contributed by atoms with Gasteiger partial charge in [0.1, 0.15) is 18.3 Å². The summed E-state index contributed by atoms with van der Waals surface area (Å²) in [5, 5.41) is 0. The zero-order valence-corrected chi connectivity index (χ0v) is 7.08. The van der Waals surface area contributed by atoms with Crippen LogP contribution in [0.2, 0.25) is 0 Å². The number of carbonyl (C=O) groups is 2. The fourth-order valence-electron chi connectivity index (χ4n) is 1.12. The van der Waals surface area contributed by atoms with E-state index in [2.05, 4.69) is 0 Å². The smallest absolute Gasteiger partial charge is 0.313 e. The lowest BCUT2D eigenvalue weighted by Crippen LogP contribution is -2.16. The van der Waals surface area contributed by atoms with Crippen molar-refractivity contribution in [3.05, 3.63) is 12.2 Å². The molecule has 0 aliphatic heterocycles. The van der Waals surface area contributed by atoms with Crippen molar-refractivity contribution in [3.8, 4) is 0 Å². The second kappa shape index (κ2) is 4.04. The van der Waals surface area contributed by atoms with Crippen molar-refractivity contribution in [1.29, 1.82) is 0 Å². The van der Waals surface area contributed by atoms with Crippen LogP contribution in [0.5, 0.6) is 0 Å². The Morgan fingerprint density at radius 2 is 2.00 bits per heavy atom. The molecule has 0 aromatic carbocycles. The topological polar surface area (TPSA) is 43.4 Å². The molecule has 0 atom stereocenters. The first-order chi connectivity index (χ1) is 5.68. The van der Waals surface area contributed by atoms with E-state index in [4.69, 9.17) is 4.74 Å². The van der Waals surface area contributed by atoms with E-state index < -0.39 is 5.97 Å². The van der Waals surface area contributed by atoms with Gasteiger partial charge in [0.25, 0.3) is 0 Å². The van der Waals surface area contributed by atoms with Crippen LogP contribution in [0.3, 0.4) is 0 Å². The van der Waals surface area contributed by atoms with Gasteiger partial charge in [0.15, 0.2) is 0 Å². The zero-order chi connectivity index (χ0) is 8.97. The number of hydrogen-bond acceptors (Lipinski definition) is 3. The number of Topliss-reactive ketones (excluding diaryl/α,β-unsaturated/α-hetero) is 1. The van der Waals surface area contributed by atoms with Gasteiger partial charge in [-0.2, -0.15) is 0 Å². The number of hydrogen-bond donors (Lipinski definition) is 0. The van der Waals surface area contributed by atoms with Gasteiger partial charge >= 0.3 is 5.97 Å². The van der Waals surface area contributed by atoms with Gasteiger partial charge < -0.3 is 4.74 Å². The standard InChI is InChI=1S/C9H12O3/c1-7(10)6-9(11)12-8-4-2-3-5-8/h2-3,8H,4-6H2,1H3. The highest BCUT2D eigenvalue weighted by Crippen LogP contribution is 2.13. The molecule has 3 heteroatoms. The third-order valence-electron chi connectivity index (χ3n) is 1.66. The first-order valence-electron chi connectivity index (χ1n) is 4.02. The van der Waals surface area contributed by atoms with Crippen LogP contribution in [0.25, 0.3) is 0 Å². The van der Waals surface area contributed by atoms with Gasteiger partial charge in [0.2, 0.25) is 0 Å². The Labute approximate surface area is 71.4 Å². The quantitative estimate of drug-likeness (QED) is 0.361. The molecule has 66 valence electrons. The van der Waals surface area contributed by atoms with Crippen molar-refractivity contribution < 1.29 is 14.3 Å². The van der Waals surface area contributed by atoms with Crippen LogP contribution in [0.4, 0.5) is 0 Å². The van der Waals surface area contributed by atoms with Crippen LogP contribution in [0, 0.1) is 0 Å². The minimum atomic E-state index is -0.406. The zero-order valence-electron chi connectivity index (χ0n) is 7.08. The average Bonchev–Trinajstić information content (AvgIpc) is 2.37. The molecule has 0 spiro atoms. The molecule has 0 unspecified atom stereocenters. The SMILES string of the molecule is CC(=O)CC(=O)OC1CC=CC1. The molecule has 0 N–H and O–H groups in total. The normalized spacial score (nSPS) is 16.4. The summed E-state index contributed by atoms with van der Waals surface area (Å²) < 4.78 is 5.00. The fourth-order valence-corrected chi connectivity index (χ4v) is 1.12. The lowest BCUT2D eigenvalue weighted by Gasteiger charge is -2.09. The fraction of sp³-hybridized carbons (Fsp3) is 0.556. The van der Waals surface area contributed by atoms with Crippen LogP contribution in [0.15, 0.2) is 12.2 Å². The van der Waals surface area contributed by atoms with Gasteiger partial charge in [-0.3, -0.25) is 9.59 Å². The van der Waals surface area contributed by atoms with Gasteiger partial charge in [-0.15, -0.1) is 0 Å². The van der Waals surface area contributed by atoms with Gasteiger partial charge in [-0.1, -0.05) is 12.2 Å². The van der Waals surface area contributed by atoms with Crippen LogP contribution < -0.4 is 0 Å². The Balaban J connectivity index is 2.22. The summed E-state index contributed by atoms with van der Waals surface area (Å²) in [5.41, 5.74) is 0. The molecule has 12 heavy (non-hydrogen) atoms. The molecular weight excluding hydrogens is 156 g/mol. The highest BCUT2D eigenvalue weighted by Gasteiger charge is 2.15. The molecule has 1 aliphatic carbocycles. The molecule has 1 aliphatic rings. The van der Waals surface area contributed by atoms with Gasteiger partial charge in [0, 0.05) is 12.8 Å². The van der Waals surface area contributed by atoms with Gasteiger partial charge in [0.05, 0.1) is 0 Å². The summed E-state index contributed by atoms with van der Waals surface area (Å²) in [6.07, 6.45) is 5.39. The predicted molar refractivity (Wildman–Crippen MR) is 43.6 cm³/mol. The molecule has 0 saturated carbocycles. The number of ketones is 1. The lowest BCUT2D eigenvalue weighted by atomic mass is 10.3. The van der Waals surface area contributed by atoms with E-state index >= 15 is 0 Å². The molecule has 1 rings (SSSR count). The van der Waals surface area contributed by atoms with E-state index in [9.17, 15) is 9.59 Å². The Kier molecular flexibility index (Phi) is 3.02. The van der Waals surface area contributed by atoms with E-state index in [1.165, 1.54) is 6.92 Å². The highest BCUT2D eigenvalue weighted by atomic mass is 16.5. The maximum atomic E-state index is 10.9. The molecule has 0 saturated heterocycles. The Bertz CT molecular complexity index is 210. The Hall–Kier alpha value is -1.12. The van der Waals surface area contributed by atoms with Crippen molar-refractivity contribution in [2.75, 3.05) is 0 Å². The summed E-state index contributed by atoms with van der Waals surface area (Å²) in [7, 11) is 0. The highest BCUT2D eigenvalue weighted by molar-refractivity contribution is 5.94. The molecule has 3 nitrogen and oxygen atoms in total. The molecule has 0 heterocycles. The van der Waals surface area contributed by atoms with Crippen molar-refractivity contribution in [1.82, 2.24) is 0 Å². The van der Waals surface area contributed by atoms with Crippen LogP contribution in [-0.2, 0) is 14.3 Å². The van der Waals surface area contributed by atoms with Crippen molar-refractivity contribution in [2.45, 2.75) is 32.3 Å². The van der Waals surface area contributed by atoms with E-state index in [0.717, 1.165) is 12.8 Å². The van der Waals surface area contributed by atoms with Crippen molar-refractivity contribution in [2.24, 2.45) is 0 Å². The monoisotopic (exact) mass is 168 g/mol. The largest absolute Gasteiger partial charge is 0.461 e. The first kappa shape index (κ1) is 8.97. The molecule has 0 aromatic heterocycles. The molecule has 0 bridgehead atoms. The van der Waals surface area contributed by atoms with E-state index in [0.29, 0.717) is 0 Å². The maximum absolute atomic E-state index is 10.9. The molecule has 0 fully saturated rings. The van der Waals surface area contributed by atoms with Crippen LogP contribution >= 0.6 is 0 Å². The number of carbonyl (C=O) groups excluding carboxylic acids is 2. The number of esters is 1. The average molecular weight is 168 g/mol. The van der Waals surface area contributed by atoms with Gasteiger partial charge in [-0.05, 0) is 6.92 Å². The molecular formula is C9H12O3. The summed E-state index contributed by atoms with van der Waals surface area (Å²) in [6.45, 7) is 1.38. The van der Waals surface area contributed by atoms with Gasteiger partial charge in [-0.25, -0.2) is 0 Å². The second-order valence-corrected chi connectivity index (χ2v) is 2.93. The number of ether oxygens (including phenoxy) is 1. The Morgan fingerprint density at radius 1 is 1.42 bits per heavy atom. The first-order valence-corrected chi connectivity index (χ1v) is 4.02. The van der Waals surface area contributed by atoms with Crippen LogP contribution in [0.1, 0.15) is 26.2 Å². The van der Waals surface area contributed by atoms with E-state index in [1.54, 1.807) is 0 Å². The summed E-state index contributed by atoms with van der Waals surface area (Å²) >= 11 is 0. The van der Waals surface area contributed by atoms with Crippen molar-refractivity contribution in [3.63, 3.8) is 0 Å². The van der Waals surface area contributed by atoms with E-state index in [1.807, 2.05) is 12.2 Å².